The first-order valence-corrected chi connectivity index (χ1v) is 10.6. The van der Waals surface area contributed by atoms with Crippen LogP contribution < -0.4 is 5.69 Å². The molecule has 0 fully saturated rings. The van der Waals surface area contributed by atoms with Crippen molar-refractivity contribution in [3.63, 3.8) is 0 Å². The molecule has 4 aromatic rings. The molecule has 2 heterocycles. The predicted molar refractivity (Wildman–Crippen MR) is 107 cm³/mol. The third-order valence-corrected chi connectivity index (χ3v) is 5.78. The summed E-state index contributed by atoms with van der Waals surface area (Å²) in [5, 5.41) is 0. The fraction of sp³-hybridized carbons (Fsp3) is 0.150. The van der Waals surface area contributed by atoms with E-state index in [0.29, 0.717) is 22.7 Å². The summed E-state index contributed by atoms with van der Waals surface area (Å²) in [6.45, 7) is 2.02. The zero-order valence-corrected chi connectivity index (χ0v) is 16.1. The Morgan fingerprint density at radius 3 is 2.11 bits per heavy atom. The van der Waals surface area contributed by atoms with E-state index in [0.717, 1.165) is 11.1 Å². The topological polar surface area (TPSA) is 109 Å². The number of sulfone groups is 1. The Morgan fingerprint density at radius 2 is 1.50 bits per heavy atom. The first-order valence-electron chi connectivity index (χ1n) is 8.68. The highest BCUT2D eigenvalue weighted by Crippen LogP contribution is 2.31. The van der Waals surface area contributed by atoms with E-state index in [1.165, 1.54) is 6.26 Å². The quantitative estimate of drug-likeness (QED) is 0.553. The predicted octanol–water partition coefficient (Wildman–Crippen LogP) is 2.87. The molecule has 0 amide bonds. The Labute approximate surface area is 161 Å². The van der Waals surface area contributed by atoms with Crippen molar-refractivity contribution in [3.8, 4) is 11.3 Å². The molecule has 0 saturated carbocycles. The van der Waals surface area contributed by atoms with E-state index in [9.17, 15) is 13.2 Å². The van der Waals surface area contributed by atoms with Crippen LogP contribution in [0.25, 0.3) is 22.6 Å². The van der Waals surface area contributed by atoms with Gasteiger partial charge in [0.2, 0.25) is 0 Å². The molecule has 0 bridgehead atoms. The highest BCUT2D eigenvalue weighted by Gasteiger charge is 2.20. The minimum absolute atomic E-state index is 0.0823. The van der Waals surface area contributed by atoms with Gasteiger partial charge in [-0.25, -0.2) is 23.2 Å². The van der Waals surface area contributed by atoms with Crippen LogP contribution in [0.3, 0.4) is 0 Å². The number of H-pyrrole nitrogens is 2. The number of fused-ring (bicyclic) bond motifs is 1. The second kappa shape index (κ2) is 6.72. The van der Waals surface area contributed by atoms with Gasteiger partial charge in [-0.05, 0) is 17.7 Å². The van der Waals surface area contributed by atoms with Crippen LogP contribution in [0.1, 0.15) is 24.1 Å². The van der Waals surface area contributed by atoms with E-state index >= 15 is 0 Å². The van der Waals surface area contributed by atoms with Gasteiger partial charge in [-0.15, -0.1) is 0 Å². The van der Waals surface area contributed by atoms with Gasteiger partial charge in [0.25, 0.3) is 0 Å². The Balaban J connectivity index is 1.92. The van der Waals surface area contributed by atoms with Gasteiger partial charge >= 0.3 is 5.69 Å². The molecule has 2 aromatic carbocycles. The molecular weight excluding hydrogens is 376 g/mol. The van der Waals surface area contributed by atoms with E-state index in [1.54, 1.807) is 24.3 Å². The van der Waals surface area contributed by atoms with Crippen molar-refractivity contribution < 1.29 is 8.42 Å². The summed E-state index contributed by atoms with van der Waals surface area (Å²) in [5.41, 5.74) is 3.44. The number of aromatic amines is 2. The first-order chi connectivity index (χ1) is 13.3. The van der Waals surface area contributed by atoms with Gasteiger partial charge in [-0.2, -0.15) is 0 Å². The van der Waals surface area contributed by atoms with Crippen molar-refractivity contribution in [2.24, 2.45) is 0 Å². The molecule has 7 nitrogen and oxygen atoms in total. The summed E-state index contributed by atoms with van der Waals surface area (Å²) in [6.07, 6.45) is 1.17. The van der Waals surface area contributed by atoms with E-state index < -0.39 is 9.84 Å². The smallest absolute Gasteiger partial charge is 0.289 e. The summed E-state index contributed by atoms with van der Waals surface area (Å²) >= 11 is 0. The van der Waals surface area contributed by atoms with E-state index in [-0.39, 0.29) is 16.5 Å². The third kappa shape index (κ3) is 3.34. The lowest BCUT2D eigenvalue weighted by Crippen LogP contribution is -2.05. The molecule has 0 spiro atoms. The number of benzene rings is 2. The molecule has 2 aromatic heterocycles. The number of hydrogen-bond acceptors (Lipinski definition) is 5. The molecule has 28 heavy (non-hydrogen) atoms. The second-order valence-corrected chi connectivity index (χ2v) is 8.68. The molecular formula is C20H18N4O3S. The number of aromatic nitrogens is 4. The Morgan fingerprint density at radius 1 is 0.893 bits per heavy atom. The van der Waals surface area contributed by atoms with Crippen LogP contribution in [0.15, 0.2) is 64.3 Å². The number of rotatable bonds is 4. The third-order valence-electron chi connectivity index (χ3n) is 4.65. The number of nitrogens with one attached hydrogen (secondary N) is 2. The summed E-state index contributed by atoms with van der Waals surface area (Å²) in [4.78, 5) is 26.5. The Hall–Kier alpha value is -3.26. The van der Waals surface area contributed by atoms with Crippen LogP contribution in [0.4, 0.5) is 0 Å². The van der Waals surface area contributed by atoms with Gasteiger partial charge in [0.15, 0.2) is 21.1 Å². The minimum Gasteiger partial charge on any atom is -0.289 e. The fourth-order valence-electron chi connectivity index (χ4n) is 3.14. The van der Waals surface area contributed by atoms with Crippen LogP contribution in [0, 0.1) is 0 Å². The lowest BCUT2D eigenvalue weighted by atomic mass is 9.94. The summed E-state index contributed by atoms with van der Waals surface area (Å²) < 4.78 is 23.5. The van der Waals surface area contributed by atoms with Crippen LogP contribution in [-0.4, -0.2) is 34.6 Å². The maximum atomic E-state index is 11.7. The Kier molecular flexibility index (Phi) is 4.35. The average molecular weight is 394 g/mol. The SMILES string of the molecule is CC(c1ccccc1)c1nc2[nH]c(=O)[nH]c2nc1-c1ccc(S(C)(=O)=O)cc1. The maximum absolute atomic E-state index is 11.7. The van der Waals surface area contributed by atoms with Gasteiger partial charge in [-0.1, -0.05) is 49.4 Å². The average Bonchev–Trinajstić information content (AvgIpc) is 3.05. The highest BCUT2D eigenvalue weighted by atomic mass is 32.2. The van der Waals surface area contributed by atoms with Crippen molar-refractivity contribution in [1.82, 2.24) is 19.9 Å². The molecule has 0 saturated heterocycles. The standard InChI is InChI=1S/C20H18N4O3S/c1-12(13-6-4-3-5-7-13)16-17(22-19-18(21-16)23-20(25)24-19)14-8-10-15(11-9-14)28(2,26)27/h3-12H,1-2H3,(H2,21,22,23,24,25). The molecule has 142 valence electrons. The van der Waals surface area contributed by atoms with Gasteiger partial charge in [0.05, 0.1) is 16.3 Å². The van der Waals surface area contributed by atoms with E-state index in [4.69, 9.17) is 0 Å². The maximum Gasteiger partial charge on any atom is 0.326 e. The summed E-state index contributed by atoms with van der Waals surface area (Å²) in [5.74, 6) is -0.0823. The van der Waals surface area contributed by atoms with E-state index in [2.05, 4.69) is 19.9 Å². The van der Waals surface area contributed by atoms with Gasteiger partial charge in [-0.3, -0.25) is 9.97 Å². The summed E-state index contributed by atoms with van der Waals surface area (Å²) in [6, 6.07) is 16.4. The van der Waals surface area contributed by atoms with Crippen molar-refractivity contribution in [3.05, 3.63) is 76.3 Å². The zero-order valence-electron chi connectivity index (χ0n) is 15.3. The van der Waals surface area contributed by atoms with Crippen molar-refractivity contribution in [1.29, 1.82) is 0 Å². The lowest BCUT2D eigenvalue weighted by Gasteiger charge is -2.15. The molecule has 0 aliphatic carbocycles. The second-order valence-electron chi connectivity index (χ2n) is 6.66. The van der Waals surface area contributed by atoms with Crippen molar-refractivity contribution >= 4 is 21.1 Å². The molecule has 1 atom stereocenters. The first kappa shape index (κ1) is 18.1. The molecule has 2 N–H and O–H groups in total. The molecule has 0 aliphatic heterocycles. The van der Waals surface area contributed by atoms with Gasteiger partial charge < -0.3 is 0 Å². The van der Waals surface area contributed by atoms with Crippen molar-refractivity contribution in [2.45, 2.75) is 17.7 Å². The van der Waals surface area contributed by atoms with Crippen LogP contribution in [0.2, 0.25) is 0 Å². The lowest BCUT2D eigenvalue weighted by molar-refractivity contribution is 0.602. The molecule has 4 rings (SSSR count). The van der Waals surface area contributed by atoms with Crippen LogP contribution in [-0.2, 0) is 9.84 Å². The zero-order chi connectivity index (χ0) is 19.9. The van der Waals surface area contributed by atoms with Gasteiger partial charge in [0.1, 0.15) is 0 Å². The van der Waals surface area contributed by atoms with Crippen LogP contribution in [0.5, 0.6) is 0 Å². The van der Waals surface area contributed by atoms with Gasteiger partial charge in [0, 0.05) is 17.7 Å². The summed E-state index contributed by atoms with van der Waals surface area (Å²) in [7, 11) is -3.29. The monoisotopic (exact) mass is 394 g/mol. The molecule has 0 radical (unpaired) electrons. The van der Waals surface area contributed by atoms with E-state index in [1.807, 2.05) is 37.3 Å². The number of nitrogens with zero attached hydrogens (tertiary/aromatic N) is 2. The number of hydrogen-bond donors (Lipinski definition) is 2. The minimum atomic E-state index is -3.29. The molecule has 1 unspecified atom stereocenters. The molecule has 8 heteroatoms. The van der Waals surface area contributed by atoms with Crippen LogP contribution >= 0.6 is 0 Å². The highest BCUT2D eigenvalue weighted by molar-refractivity contribution is 7.90. The molecule has 0 aliphatic rings. The Bertz CT molecular complexity index is 1310. The van der Waals surface area contributed by atoms with Crippen molar-refractivity contribution in [2.75, 3.05) is 6.26 Å². The normalized spacial score (nSPS) is 12.9. The number of imidazole rings is 1. The fourth-order valence-corrected chi connectivity index (χ4v) is 3.77. The largest absolute Gasteiger partial charge is 0.326 e.